The fraction of sp³-hybridized carbons (Fsp3) is 0.0800. The molecule has 2 aromatic carbocycles. The molecule has 0 saturated heterocycles. The minimum atomic E-state index is -4.05. The van der Waals surface area contributed by atoms with Crippen molar-refractivity contribution < 1.29 is 17.9 Å². The van der Waals surface area contributed by atoms with Crippen molar-refractivity contribution in [2.24, 2.45) is 0 Å². The van der Waals surface area contributed by atoms with Crippen LogP contribution in [0, 0.1) is 11.3 Å². The van der Waals surface area contributed by atoms with Crippen LogP contribution in [0.15, 0.2) is 72.0 Å². The zero-order chi connectivity index (χ0) is 28.2. The standard InChI is InChI=1S/C25H19Cl2N7O4S/c1-29-25(35)34(23-5-4-18(14-32-23)39(36,37)33-24-30-6-3-7-31-24)21-12-20(27)19(11-22(21)38-2)16-8-15(13-28)9-17(26)10-16/h3-12,14H,1-2H3,(H,29,35)(H,30,31,33). The maximum Gasteiger partial charge on any atom is 0.327 e. The summed E-state index contributed by atoms with van der Waals surface area (Å²) in [6.45, 7) is 0. The lowest BCUT2D eigenvalue weighted by molar-refractivity contribution is 0.250. The van der Waals surface area contributed by atoms with Crippen molar-refractivity contribution in [3.05, 3.63) is 82.7 Å². The minimum Gasteiger partial charge on any atom is -0.495 e. The maximum absolute atomic E-state index is 13.0. The summed E-state index contributed by atoms with van der Waals surface area (Å²) in [5, 5.41) is 12.4. The van der Waals surface area contributed by atoms with Crippen LogP contribution in [0.25, 0.3) is 11.1 Å². The van der Waals surface area contributed by atoms with Crippen LogP contribution >= 0.6 is 23.2 Å². The highest BCUT2D eigenvalue weighted by Crippen LogP contribution is 2.42. The molecule has 0 aliphatic rings. The molecule has 2 aromatic heterocycles. The number of nitriles is 1. The van der Waals surface area contributed by atoms with E-state index in [1.54, 1.807) is 24.3 Å². The van der Waals surface area contributed by atoms with E-state index in [2.05, 4.69) is 25.0 Å². The number of pyridine rings is 1. The summed E-state index contributed by atoms with van der Waals surface area (Å²) >= 11 is 12.8. The Morgan fingerprint density at radius 3 is 2.44 bits per heavy atom. The highest BCUT2D eigenvalue weighted by molar-refractivity contribution is 7.92. The SMILES string of the molecule is CNC(=O)N(c1ccc(S(=O)(=O)Nc2ncccn2)cn1)c1cc(Cl)c(-c2cc(Cl)cc(C#N)c2)cc1OC. The molecule has 0 atom stereocenters. The molecule has 0 fully saturated rings. The van der Waals surface area contributed by atoms with Crippen LogP contribution in [-0.4, -0.2) is 43.6 Å². The summed E-state index contributed by atoms with van der Waals surface area (Å²) in [7, 11) is -1.21. The first kappa shape index (κ1) is 27.6. The van der Waals surface area contributed by atoms with Gasteiger partial charge in [0, 0.05) is 36.2 Å². The van der Waals surface area contributed by atoms with Crippen LogP contribution in [-0.2, 0) is 10.0 Å². The van der Waals surface area contributed by atoms with Crippen molar-refractivity contribution in [2.75, 3.05) is 23.8 Å². The van der Waals surface area contributed by atoms with Crippen LogP contribution in [0.3, 0.4) is 0 Å². The highest BCUT2D eigenvalue weighted by atomic mass is 35.5. The van der Waals surface area contributed by atoms with Crippen LogP contribution in [0.5, 0.6) is 5.75 Å². The summed E-state index contributed by atoms with van der Waals surface area (Å²) in [6, 6.07) is 13.5. The van der Waals surface area contributed by atoms with Gasteiger partial charge in [-0.15, -0.1) is 0 Å². The second-order valence-electron chi connectivity index (χ2n) is 7.76. The number of benzene rings is 2. The second kappa shape index (κ2) is 11.5. The van der Waals surface area contributed by atoms with Crippen molar-refractivity contribution in [2.45, 2.75) is 4.90 Å². The molecule has 4 rings (SSSR count). The predicted molar refractivity (Wildman–Crippen MR) is 147 cm³/mol. The summed E-state index contributed by atoms with van der Waals surface area (Å²) in [5.74, 6) is 0.230. The van der Waals surface area contributed by atoms with E-state index in [9.17, 15) is 18.5 Å². The molecule has 11 nitrogen and oxygen atoms in total. The number of sulfonamides is 1. The lowest BCUT2D eigenvalue weighted by atomic mass is 10.0. The molecule has 2 amide bonds. The molecule has 198 valence electrons. The van der Waals surface area contributed by atoms with Gasteiger partial charge < -0.3 is 10.1 Å². The van der Waals surface area contributed by atoms with Gasteiger partial charge in [-0.05, 0) is 54.1 Å². The van der Waals surface area contributed by atoms with Gasteiger partial charge in [-0.2, -0.15) is 5.26 Å². The van der Waals surface area contributed by atoms with Crippen molar-refractivity contribution >= 4 is 56.7 Å². The van der Waals surface area contributed by atoms with Gasteiger partial charge in [0.1, 0.15) is 16.5 Å². The van der Waals surface area contributed by atoms with Gasteiger partial charge >= 0.3 is 6.03 Å². The molecule has 0 bridgehead atoms. The normalized spacial score (nSPS) is 10.8. The number of urea groups is 1. The van der Waals surface area contributed by atoms with E-state index in [1.807, 2.05) is 6.07 Å². The molecule has 0 aliphatic heterocycles. The average Bonchev–Trinajstić information content (AvgIpc) is 2.93. The number of carbonyl (C=O) groups excluding carboxylic acids is 1. The number of rotatable bonds is 7. The predicted octanol–water partition coefficient (Wildman–Crippen LogP) is 5.00. The minimum absolute atomic E-state index is 0.0842. The molecule has 0 aliphatic carbocycles. The monoisotopic (exact) mass is 583 g/mol. The number of nitrogens with zero attached hydrogens (tertiary/aromatic N) is 5. The number of anilines is 3. The molecule has 2 N–H and O–H groups in total. The summed E-state index contributed by atoms with van der Waals surface area (Å²) < 4.78 is 33.3. The Morgan fingerprint density at radius 1 is 1.08 bits per heavy atom. The fourth-order valence-electron chi connectivity index (χ4n) is 3.56. The van der Waals surface area contributed by atoms with E-state index in [1.165, 1.54) is 55.7 Å². The summed E-state index contributed by atoms with van der Waals surface area (Å²) in [4.78, 5) is 25.9. The number of hydrogen-bond donors (Lipinski definition) is 2. The van der Waals surface area contributed by atoms with Gasteiger partial charge in [-0.25, -0.2) is 37.8 Å². The number of halogens is 2. The second-order valence-corrected chi connectivity index (χ2v) is 10.3. The molecule has 2 heterocycles. The largest absolute Gasteiger partial charge is 0.495 e. The van der Waals surface area contributed by atoms with Gasteiger partial charge in [-0.1, -0.05) is 23.2 Å². The lowest BCUT2D eigenvalue weighted by Crippen LogP contribution is -2.35. The molecule has 39 heavy (non-hydrogen) atoms. The van der Waals surface area contributed by atoms with E-state index in [4.69, 9.17) is 27.9 Å². The third-order valence-electron chi connectivity index (χ3n) is 5.32. The lowest BCUT2D eigenvalue weighted by Gasteiger charge is -2.24. The Hall–Kier alpha value is -4.44. The van der Waals surface area contributed by atoms with Gasteiger partial charge in [0.15, 0.2) is 0 Å². The van der Waals surface area contributed by atoms with Crippen LogP contribution in [0.1, 0.15) is 5.56 Å². The highest BCUT2D eigenvalue weighted by Gasteiger charge is 2.25. The number of ether oxygens (including phenoxy) is 1. The van der Waals surface area contributed by atoms with E-state index >= 15 is 0 Å². The Kier molecular flexibility index (Phi) is 8.15. The third-order valence-corrected chi connectivity index (χ3v) is 7.16. The van der Waals surface area contributed by atoms with Gasteiger partial charge in [0.05, 0.1) is 29.5 Å². The fourth-order valence-corrected chi connectivity index (χ4v) is 4.96. The molecular formula is C25H19Cl2N7O4S. The summed E-state index contributed by atoms with van der Waals surface area (Å²) in [5.41, 5.74) is 1.66. The first-order valence-electron chi connectivity index (χ1n) is 11.0. The Bertz CT molecular complexity index is 1680. The first-order valence-corrected chi connectivity index (χ1v) is 13.3. The number of nitrogens with one attached hydrogen (secondary N) is 2. The van der Waals surface area contributed by atoms with Crippen LogP contribution in [0.4, 0.5) is 22.2 Å². The average molecular weight is 584 g/mol. The molecule has 4 aromatic rings. The molecule has 0 unspecified atom stereocenters. The van der Waals surface area contributed by atoms with E-state index in [0.29, 0.717) is 21.7 Å². The quantitative estimate of drug-likeness (QED) is 0.308. The van der Waals surface area contributed by atoms with Crippen LogP contribution < -0.4 is 19.7 Å². The van der Waals surface area contributed by atoms with Crippen LogP contribution in [0.2, 0.25) is 10.0 Å². The number of amides is 2. The summed E-state index contributed by atoms with van der Waals surface area (Å²) in [6.07, 6.45) is 3.88. The topological polar surface area (TPSA) is 150 Å². The number of aromatic nitrogens is 3. The van der Waals surface area contributed by atoms with Gasteiger partial charge in [0.25, 0.3) is 10.0 Å². The van der Waals surface area contributed by atoms with E-state index in [0.717, 1.165) is 6.20 Å². The Labute approximate surface area is 234 Å². The molecular weight excluding hydrogens is 565 g/mol. The Balaban J connectivity index is 1.75. The van der Waals surface area contributed by atoms with Crippen molar-refractivity contribution in [3.8, 4) is 22.9 Å². The molecule has 14 heteroatoms. The maximum atomic E-state index is 13.0. The zero-order valence-electron chi connectivity index (χ0n) is 20.4. The molecule has 0 radical (unpaired) electrons. The number of carbonyl (C=O) groups is 1. The number of methoxy groups -OCH3 is 1. The van der Waals surface area contributed by atoms with E-state index < -0.39 is 16.1 Å². The van der Waals surface area contributed by atoms with Crippen molar-refractivity contribution in [1.29, 1.82) is 5.26 Å². The van der Waals surface area contributed by atoms with Crippen molar-refractivity contribution in [1.82, 2.24) is 20.3 Å². The van der Waals surface area contributed by atoms with Crippen molar-refractivity contribution in [3.63, 3.8) is 0 Å². The molecule has 0 spiro atoms. The molecule has 0 saturated carbocycles. The Morgan fingerprint density at radius 2 is 1.82 bits per heavy atom. The third kappa shape index (κ3) is 6.01. The smallest absolute Gasteiger partial charge is 0.327 e. The van der Waals surface area contributed by atoms with Gasteiger partial charge in [-0.3, -0.25) is 0 Å². The van der Waals surface area contributed by atoms with Gasteiger partial charge in [0.2, 0.25) is 5.95 Å². The van der Waals surface area contributed by atoms with E-state index in [-0.39, 0.29) is 33.1 Å². The zero-order valence-corrected chi connectivity index (χ0v) is 22.7. The first-order chi connectivity index (χ1) is 18.7. The number of hydrogen-bond acceptors (Lipinski definition) is 8.